The Kier molecular flexibility index (Phi) is 34500. The molecule has 0 heterocycles. The van der Waals surface area contributed by atoms with Gasteiger partial charge in [-0.3, -0.25) is 0 Å². The Morgan fingerprint density at radius 2 is 0.714 bits per heavy atom. The molecule has 0 aliphatic rings. The highest BCUT2D eigenvalue weighted by Crippen LogP contribution is 0.648. The molecule has 0 nitrogen and oxygen atoms in total. The van der Waals surface area contributed by atoms with Crippen LogP contribution in [-0.2, 0) is 0 Å². The van der Waals surface area contributed by atoms with Gasteiger partial charge in [0.05, 0.1) is 0 Å². The molecule has 0 aliphatic heterocycles. The summed E-state index contributed by atoms with van der Waals surface area (Å²) in [7, 11) is 0. The molecule has 0 aromatic rings. The molecule has 0 saturated heterocycles. The molecule has 1 heteroatoms. The van der Waals surface area contributed by atoms with Crippen LogP contribution in [0.4, 0.5) is 0 Å². The summed E-state index contributed by atoms with van der Waals surface area (Å²) in [5.41, 5.74) is 0. The van der Waals surface area contributed by atoms with Crippen molar-refractivity contribution in [2.45, 2.75) is 44.6 Å². The number of rotatable bonds is 0. The van der Waals surface area contributed by atoms with E-state index in [1.54, 1.807) is 0 Å². The lowest BCUT2D eigenvalue weighted by atomic mass is 12.0. The van der Waals surface area contributed by atoms with Crippen LogP contribution in [0.3, 0.4) is 0 Å². The molecule has 0 saturated carbocycles. The number of hydrogen-bond acceptors (Lipinski definition) is 0. The predicted molar refractivity (Wildman–Crippen MR) is 55.0 cm³/mol. The van der Waals surface area contributed by atoms with Crippen LogP contribution in [0.5, 0.6) is 0 Å². The average Bonchev–Trinajstić information content (AvgIpc) is 1.00. The highest BCUT2D eigenvalue weighted by atomic mass is 32.1. The molecule has 0 spiro atoms. The Labute approximate surface area is 63.4 Å². The maximum atomic E-state index is 5.00. The van der Waals surface area contributed by atoms with E-state index in [-0.39, 0.29) is 59.5 Å². The van der Waals surface area contributed by atoms with Crippen LogP contribution < -0.4 is 0 Å². The fraction of sp³-hybridized carbons (Fsp3) is 1.00. The van der Waals surface area contributed by atoms with Gasteiger partial charge in [0.1, 0.15) is 0 Å². The predicted octanol–water partition coefficient (Wildman–Crippen LogP) is 4.42. The quantitative estimate of drug-likeness (QED) is 0.466. The van der Waals surface area contributed by atoms with Crippen molar-refractivity contribution >= 4 is 13.5 Å². The maximum Gasteiger partial charge on any atom is 0 e. The highest BCUT2D eigenvalue weighted by molar-refractivity contribution is 7.59. The second kappa shape index (κ2) is 1480. The van der Waals surface area contributed by atoms with E-state index in [0.717, 1.165) is 0 Å². The lowest BCUT2D eigenvalue weighted by molar-refractivity contribution is 2.50. The fourth-order valence-corrected chi connectivity index (χ4v) is 0. The first-order chi connectivity index (χ1) is 1.00. The molecule has 0 fully saturated rings. The second-order valence-electron chi connectivity index (χ2n) is 0. The zero-order chi connectivity index (χ0) is 2.00. The monoisotopic (exact) mass is 139 g/mol. The van der Waals surface area contributed by atoms with Crippen molar-refractivity contribution in [2.24, 2.45) is 0 Å². The summed E-state index contributed by atoms with van der Waals surface area (Å²) in [5, 5.41) is 0. The van der Waals surface area contributed by atoms with Gasteiger partial charge in [-0.15, -0.1) is 0 Å². The van der Waals surface area contributed by atoms with E-state index in [2.05, 4.69) is 0 Å². The summed E-state index contributed by atoms with van der Waals surface area (Å²) < 4.78 is 10.0. The zero-order valence-electron chi connectivity index (χ0n) is 2.50. The molecule has 0 aromatic carbocycles. The minimum absolute atomic E-state index is 0. The molecule has 0 aliphatic carbocycles. The van der Waals surface area contributed by atoms with Gasteiger partial charge in [0, 0.05) is 4.40 Å². The van der Waals surface area contributed by atoms with Gasteiger partial charge in [0.15, 0.2) is 0 Å². The van der Waals surface area contributed by atoms with Crippen molar-refractivity contribution < 1.29 is 4.40 Å². The van der Waals surface area contributed by atoms with Crippen molar-refractivity contribution in [3.63, 3.8) is 0 Å². The molecule has 0 radical (unpaired) electrons. The summed E-state index contributed by atoms with van der Waals surface area (Å²) >= 11 is 0. The molecule has 0 unspecified atom stereocenters. The van der Waals surface area contributed by atoms with E-state index in [0.29, 0.717) is 0 Å². The molecular formula is C6H30S. The Morgan fingerprint density at radius 3 is 0.714 bits per heavy atom. The first-order valence-corrected chi connectivity index (χ1v) is 0. The van der Waals surface area contributed by atoms with Gasteiger partial charge in [0.25, 0.3) is 0 Å². The third-order valence-corrected chi connectivity index (χ3v) is 0. The van der Waals surface area contributed by atoms with Crippen molar-refractivity contribution in [3.05, 3.63) is 0 Å². The standard InChI is InChI=1S/6CH4.H2S.2H2/h6*1H4;1H2;2*1H/i;;;;;;;1+2D;1+2. The zero-order valence-corrected chi connectivity index (χ0v) is 1.50. The van der Waals surface area contributed by atoms with Gasteiger partial charge in [-0.1, -0.05) is 44.6 Å². The van der Waals surface area contributed by atoms with E-state index in [1.165, 1.54) is 0 Å². The third-order valence-electron chi connectivity index (χ3n) is 0. The highest BCUT2D eigenvalue weighted by Gasteiger charge is -0.0725. The first-order valence-electron chi connectivity index (χ1n) is 1.00. The Morgan fingerprint density at radius 1 is 0.714 bits per heavy atom. The first kappa shape index (κ1) is 163. The fourth-order valence-electron chi connectivity index (χ4n) is 0. The Bertz CT molecular complexity index is 13.0. The largest absolute Gasteiger partial charge is 0.197 e. The molecule has 0 atom stereocenters. The molecule has 0 aromatic heterocycles. The van der Waals surface area contributed by atoms with E-state index < -0.39 is 0 Å². The van der Waals surface area contributed by atoms with Gasteiger partial charge < -0.3 is 0 Å². The minimum atomic E-state index is 0. The molecule has 0 bridgehead atoms. The molecule has 0 amide bonds. The Balaban J connectivity index is -0.000000000179. The molecule has 0 N–H and O–H groups in total. The van der Waals surface area contributed by atoms with Crippen LogP contribution in [0.2, 0.25) is 0 Å². The summed E-state index contributed by atoms with van der Waals surface area (Å²) in [6, 6.07) is 0. The topological polar surface area (TPSA) is 0 Å². The molecule has 0 rings (SSSR count). The van der Waals surface area contributed by atoms with Gasteiger partial charge in [-0.05, 0) is 0 Å². The Hall–Kier alpha value is 0.350. The summed E-state index contributed by atoms with van der Waals surface area (Å²) in [5.74, 6) is 0. The molecule has 7 heavy (non-hydrogen) atoms. The maximum absolute atomic E-state index is 5.00. The van der Waals surface area contributed by atoms with E-state index >= 15 is 0 Å². The average molecular weight is 139 g/mol. The van der Waals surface area contributed by atoms with Crippen LogP contribution in [0, 0.1) is 0 Å². The van der Waals surface area contributed by atoms with Gasteiger partial charge in [-0.2, -0.15) is 13.5 Å². The third kappa shape index (κ3) is 981. The lowest BCUT2D eigenvalue weighted by Gasteiger charge is -0.197. The normalized spacial score (nSPS) is 1.14. The van der Waals surface area contributed by atoms with E-state index in [9.17, 15) is 0 Å². The van der Waals surface area contributed by atoms with Crippen molar-refractivity contribution in [2.75, 3.05) is 0 Å². The van der Waals surface area contributed by atoms with Gasteiger partial charge in [-0.25, -0.2) is 0 Å². The molecular weight excluding hydrogens is 104 g/mol. The van der Waals surface area contributed by atoms with Crippen molar-refractivity contribution in [3.8, 4) is 0 Å². The van der Waals surface area contributed by atoms with Crippen LogP contribution in [-0.4, -0.2) is 0 Å². The SMILES string of the molecule is C.C.C.C.C.C.S.[2H][3H].[3HH]. The van der Waals surface area contributed by atoms with Crippen LogP contribution in [0.15, 0.2) is 0 Å². The summed E-state index contributed by atoms with van der Waals surface area (Å²) in [4.78, 5) is 0. The summed E-state index contributed by atoms with van der Waals surface area (Å²) in [6.07, 6.45) is 0. The minimum Gasteiger partial charge on any atom is -0.197 e. The van der Waals surface area contributed by atoms with Gasteiger partial charge in [0.2, 0.25) is 0 Å². The smallest absolute Gasteiger partial charge is 0 e. The van der Waals surface area contributed by atoms with E-state index in [4.69, 9.17) is 2.97 Å². The van der Waals surface area contributed by atoms with E-state index in [1.807, 2.05) is 0 Å². The lowest BCUT2D eigenvalue weighted by Crippen LogP contribution is 0.143. The van der Waals surface area contributed by atoms with Crippen LogP contribution in [0.25, 0.3) is 0 Å². The number of hydrogen-bond donors (Lipinski definition) is 0. The van der Waals surface area contributed by atoms with Gasteiger partial charge >= 0.3 is 0 Å². The van der Waals surface area contributed by atoms with Crippen molar-refractivity contribution in [1.29, 1.82) is 0 Å². The van der Waals surface area contributed by atoms with Crippen LogP contribution >= 0.6 is 13.5 Å². The second-order valence-corrected chi connectivity index (χ2v) is 0. The summed E-state index contributed by atoms with van der Waals surface area (Å²) in [6.45, 7) is 0. The molecule has 60 valence electrons. The van der Waals surface area contributed by atoms with Crippen molar-refractivity contribution in [1.82, 2.24) is 0 Å². The van der Waals surface area contributed by atoms with Crippen LogP contribution in [0.1, 0.15) is 49.0 Å².